The highest BCUT2D eigenvalue weighted by atomic mass is 16.5. The van der Waals surface area contributed by atoms with E-state index >= 15 is 0 Å². The SMILES string of the molecule is CCOc1ccccc1N1C[C@H](C(=O)OCC(=O)Nc2ccccc2C)CC1=O. The number of para-hydroxylation sites is 3. The van der Waals surface area contributed by atoms with Crippen molar-refractivity contribution in [2.75, 3.05) is 30.0 Å². The summed E-state index contributed by atoms with van der Waals surface area (Å²) >= 11 is 0. The fraction of sp³-hybridized carbons (Fsp3) is 0.318. The molecule has 3 rings (SSSR count). The van der Waals surface area contributed by atoms with E-state index in [1.807, 2.05) is 44.2 Å². The third-order valence-electron chi connectivity index (χ3n) is 4.68. The first-order valence-electron chi connectivity index (χ1n) is 9.54. The molecule has 0 bridgehead atoms. The van der Waals surface area contributed by atoms with Gasteiger partial charge >= 0.3 is 5.97 Å². The normalized spacial score (nSPS) is 15.9. The number of amides is 2. The highest BCUT2D eigenvalue weighted by molar-refractivity contribution is 6.01. The van der Waals surface area contributed by atoms with Crippen LogP contribution >= 0.6 is 0 Å². The van der Waals surface area contributed by atoms with Gasteiger partial charge in [0.05, 0.1) is 18.2 Å². The molecule has 1 fully saturated rings. The zero-order valence-electron chi connectivity index (χ0n) is 16.5. The van der Waals surface area contributed by atoms with Gasteiger partial charge in [0.25, 0.3) is 5.91 Å². The summed E-state index contributed by atoms with van der Waals surface area (Å²) < 4.78 is 10.7. The van der Waals surface area contributed by atoms with Crippen molar-refractivity contribution in [2.24, 2.45) is 5.92 Å². The second kappa shape index (κ2) is 9.23. The lowest BCUT2D eigenvalue weighted by molar-refractivity contribution is -0.151. The van der Waals surface area contributed by atoms with Gasteiger partial charge in [-0.25, -0.2) is 0 Å². The van der Waals surface area contributed by atoms with Crippen molar-refractivity contribution in [3.63, 3.8) is 0 Å². The molecule has 0 spiro atoms. The van der Waals surface area contributed by atoms with Crippen LogP contribution in [0, 0.1) is 12.8 Å². The highest BCUT2D eigenvalue weighted by Crippen LogP contribution is 2.33. The van der Waals surface area contributed by atoms with Gasteiger partial charge in [0, 0.05) is 18.7 Å². The fourth-order valence-corrected chi connectivity index (χ4v) is 3.21. The molecule has 1 N–H and O–H groups in total. The average Bonchev–Trinajstić information content (AvgIpc) is 3.10. The Morgan fingerprint density at radius 2 is 1.86 bits per heavy atom. The number of carbonyl (C=O) groups excluding carboxylic acids is 3. The Bertz CT molecular complexity index is 912. The maximum Gasteiger partial charge on any atom is 0.311 e. The molecule has 0 saturated carbocycles. The molecule has 7 heteroatoms. The van der Waals surface area contributed by atoms with Crippen LogP contribution in [0.3, 0.4) is 0 Å². The summed E-state index contributed by atoms with van der Waals surface area (Å²) in [6.07, 6.45) is 0.0404. The Labute approximate surface area is 169 Å². The van der Waals surface area contributed by atoms with Gasteiger partial charge in [-0.1, -0.05) is 30.3 Å². The second-order valence-corrected chi connectivity index (χ2v) is 6.78. The molecule has 0 aliphatic carbocycles. The van der Waals surface area contributed by atoms with E-state index in [4.69, 9.17) is 9.47 Å². The molecule has 1 heterocycles. The Morgan fingerprint density at radius 1 is 1.14 bits per heavy atom. The molecule has 1 atom stereocenters. The largest absolute Gasteiger partial charge is 0.492 e. The van der Waals surface area contributed by atoms with Crippen LogP contribution in [-0.4, -0.2) is 37.5 Å². The Kier molecular flexibility index (Phi) is 6.49. The van der Waals surface area contributed by atoms with Gasteiger partial charge in [-0.3, -0.25) is 14.4 Å². The quantitative estimate of drug-likeness (QED) is 0.728. The summed E-state index contributed by atoms with van der Waals surface area (Å²) in [7, 11) is 0. The van der Waals surface area contributed by atoms with E-state index in [2.05, 4.69) is 5.32 Å². The van der Waals surface area contributed by atoms with Crippen molar-refractivity contribution < 1.29 is 23.9 Å². The van der Waals surface area contributed by atoms with Crippen molar-refractivity contribution in [3.05, 3.63) is 54.1 Å². The third kappa shape index (κ3) is 4.93. The standard InChI is InChI=1S/C22H24N2O5/c1-3-28-19-11-7-6-10-18(19)24-13-16(12-21(24)26)22(27)29-14-20(25)23-17-9-5-4-8-15(17)2/h4-11,16H,3,12-14H2,1-2H3,(H,23,25)/t16-/m1/s1. The lowest BCUT2D eigenvalue weighted by Crippen LogP contribution is -2.28. The monoisotopic (exact) mass is 396 g/mol. The van der Waals surface area contributed by atoms with Gasteiger partial charge in [-0.15, -0.1) is 0 Å². The minimum Gasteiger partial charge on any atom is -0.492 e. The van der Waals surface area contributed by atoms with Crippen molar-refractivity contribution in [1.82, 2.24) is 0 Å². The van der Waals surface area contributed by atoms with Crippen LogP contribution in [0.15, 0.2) is 48.5 Å². The molecule has 1 aliphatic rings. The lowest BCUT2D eigenvalue weighted by atomic mass is 10.1. The average molecular weight is 396 g/mol. The molecule has 2 amide bonds. The molecule has 29 heavy (non-hydrogen) atoms. The van der Waals surface area contributed by atoms with Crippen LogP contribution in [-0.2, 0) is 19.1 Å². The first kappa shape index (κ1) is 20.4. The number of rotatable bonds is 7. The molecule has 2 aromatic carbocycles. The number of ether oxygens (including phenoxy) is 2. The number of aryl methyl sites for hydroxylation is 1. The van der Waals surface area contributed by atoms with Crippen LogP contribution in [0.4, 0.5) is 11.4 Å². The number of hydrogen-bond donors (Lipinski definition) is 1. The number of esters is 1. The molecule has 1 aliphatic heterocycles. The van der Waals surface area contributed by atoms with Crippen LogP contribution < -0.4 is 15.0 Å². The van der Waals surface area contributed by atoms with Crippen molar-refractivity contribution in [1.29, 1.82) is 0 Å². The van der Waals surface area contributed by atoms with Gasteiger partial charge in [0.1, 0.15) is 5.75 Å². The number of hydrogen-bond acceptors (Lipinski definition) is 5. The van der Waals surface area contributed by atoms with Gasteiger partial charge in [0.2, 0.25) is 5.91 Å². The van der Waals surface area contributed by atoms with Crippen LogP contribution in [0.1, 0.15) is 18.9 Å². The molecule has 7 nitrogen and oxygen atoms in total. The number of benzene rings is 2. The minimum atomic E-state index is -0.622. The van der Waals surface area contributed by atoms with Crippen molar-refractivity contribution in [2.45, 2.75) is 20.3 Å². The maximum atomic E-state index is 12.4. The second-order valence-electron chi connectivity index (χ2n) is 6.78. The summed E-state index contributed by atoms with van der Waals surface area (Å²) in [4.78, 5) is 38.4. The Morgan fingerprint density at radius 3 is 2.62 bits per heavy atom. The lowest BCUT2D eigenvalue weighted by Gasteiger charge is -2.20. The van der Waals surface area contributed by atoms with Gasteiger partial charge in [-0.2, -0.15) is 0 Å². The molecule has 152 valence electrons. The summed E-state index contributed by atoms with van der Waals surface area (Å²) in [6.45, 7) is 4.01. The van der Waals surface area contributed by atoms with Crippen LogP contribution in [0.5, 0.6) is 5.75 Å². The van der Waals surface area contributed by atoms with Gasteiger partial charge in [0.15, 0.2) is 6.61 Å². The molecular weight excluding hydrogens is 372 g/mol. The number of carbonyl (C=O) groups is 3. The third-order valence-corrected chi connectivity index (χ3v) is 4.68. The molecule has 0 unspecified atom stereocenters. The Balaban J connectivity index is 1.57. The van der Waals surface area contributed by atoms with Crippen LogP contribution in [0.25, 0.3) is 0 Å². The Hall–Kier alpha value is -3.35. The van der Waals surface area contributed by atoms with E-state index in [0.29, 0.717) is 23.7 Å². The smallest absolute Gasteiger partial charge is 0.311 e. The number of nitrogens with one attached hydrogen (secondary N) is 1. The topological polar surface area (TPSA) is 84.9 Å². The fourth-order valence-electron chi connectivity index (χ4n) is 3.21. The zero-order chi connectivity index (χ0) is 20.8. The predicted molar refractivity (Wildman–Crippen MR) is 109 cm³/mol. The van der Waals surface area contributed by atoms with Crippen molar-refractivity contribution in [3.8, 4) is 5.75 Å². The molecule has 2 aromatic rings. The van der Waals surface area contributed by atoms with E-state index in [9.17, 15) is 14.4 Å². The molecule has 0 radical (unpaired) electrons. The van der Waals surface area contributed by atoms with E-state index in [1.54, 1.807) is 18.2 Å². The predicted octanol–water partition coefficient (Wildman–Crippen LogP) is 2.93. The van der Waals surface area contributed by atoms with Crippen LogP contribution in [0.2, 0.25) is 0 Å². The van der Waals surface area contributed by atoms with Gasteiger partial charge in [-0.05, 0) is 37.6 Å². The summed E-state index contributed by atoms with van der Waals surface area (Å²) in [5, 5.41) is 2.71. The summed E-state index contributed by atoms with van der Waals surface area (Å²) in [5.74, 6) is -1.19. The summed E-state index contributed by atoms with van der Waals surface area (Å²) in [6, 6.07) is 14.5. The minimum absolute atomic E-state index is 0.0404. The van der Waals surface area contributed by atoms with E-state index in [0.717, 1.165) is 5.56 Å². The maximum absolute atomic E-state index is 12.4. The van der Waals surface area contributed by atoms with Gasteiger partial charge < -0.3 is 19.7 Å². The molecule has 1 saturated heterocycles. The molecular formula is C22H24N2O5. The molecule has 0 aromatic heterocycles. The first-order chi connectivity index (χ1) is 14.0. The van der Waals surface area contributed by atoms with E-state index < -0.39 is 24.4 Å². The summed E-state index contributed by atoms with van der Waals surface area (Å²) in [5.41, 5.74) is 2.22. The number of anilines is 2. The first-order valence-corrected chi connectivity index (χ1v) is 9.54. The zero-order valence-corrected chi connectivity index (χ0v) is 16.5. The number of nitrogens with zero attached hydrogens (tertiary/aromatic N) is 1. The highest BCUT2D eigenvalue weighted by Gasteiger charge is 2.37. The van der Waals surface area contributed by atoms with E-state index in [-0.39, 0.29) is 18.9 Å². The van der Waals surface area contributed by atoms with Crippen molar-refractivity contribution >= 4 is 29.2 Å². The van der Waals surface area contributed by atoms with E-state index in [1.165, 1.54) is 4.90 Å².